The predicted octanol–water partition coefficient (Wildman–Crippen LogP) is 4.34. The summed E-state index contributed by atoms with van der Waals surface area (Å²) in [6.07, 6.45) is 0. The molecule has 3 rings (SSSR count). The zero-order valence-electron chi connectivity index (χ0n) is 13.9. The van der Waals surface area contributed by atoms with E-state index in [1.165, 1.54) is 34.2 Å². The van der Waals surface area contributed by atoms with Crippen molar-refractivity contribution in [2.45, 2.75) is 24.0 Å². The summed E-state index contributed by atoms with van der Waals surface area (Å²) in [5.74, 6) is 1.57. The second kappa shape index (κ2) is 7.11. The van der Waals surface area contributed by atoms with Crippen LogP contribution in [0.5, 0.6) is 10.9 Å². The summed E-state index contributed by atoms with van der Waals surface area (Å²) in [4.78, 5) is 4.32. The number of hydrogen-bond donors (Lipinski definition) is 0. The maximum atomic E-state index is 12.5. The first-order valence-electron chi connectivity index (χ1n) is 7.52. The zero-order valence-corrected chi connectivity index (χ0v) is 16.4. The number of nitrogens with zero attached hydrogens (tertiary/aromatic N) is 3. The van der Waals surface area contributed by atoms with Crippen molar-refractivity contribution in [2.24, 2.45) is 0 Å². The topological polar surface area (TPSA) is 72.4 Å². The van der Waals surface area contributed by atoms with E-state index in [1.54, 1.807) is 41.8 Å². The summed E-state index contributed by atoms with van der Waals surface area (Å²) >= 11 is 2.39. The minimum atomic E-state index is -3.54. The molecule has 0 aliphatic heterocycles. The number of ether oxygens (including phenoxy) is 1. The highest BCUT2D eigenvalue weighted by Gasteiger charge is 2.22. The fraction of sp³-hybridized carbons (Fsp3) is 0.250. The second-order valence-corrected chi connectivity index (χ2v) is 9.43. The quantitative estimate of drug-likeness (QED) is 0.621. The van der Waals surface area contributed by atoms with Gasteiger partial charge in [0, 0.05) is 24.5 Å². The molecule has 6 nitrogen and oxygen atoms in total. The molecule has 0 radical (unpaired) electrons. The van der Waals surface area contributed by atoms with Crippen molar-refractivity contribution in [3.63, 3.8) is 0 Å². The highest BCUT2D eigenvalue weighted by atomic mass is 32.2. The number of thiophene rings is 1. The van der Waals surface area contributed by atoms with Gasteiger partial charge in [0.2, 0.25) is 0 Å². The molecule has 0 unspecified atom stereocenters. The third-order valence-electron chi connectivity index (χ3n) is 3.45. The van der Waals surface area contributed by atoms with E-state index in [0.29, 0.717) is 20.8 Å². The van der Waals surface area contributed by atoms with Gasteiger partial charge in [-0.3, -0.25) is 4.31 Å². The number of anilines is 1. The van der Waals surface area contributed by atoms with Crippen LogP contribution in [0.1, 0.15) is 25.6 Å². The van der Waals surface area contributed by atoms with Crippen molar-refractivity contribution in [1.29, 1.82) is 0 Å². The van der Waals surface area contributed by atoms with Crippen LogP contribution < -0.4 is 9.04 Å². The molecule has 0 spiro atoms. The fourth-order valence-corrected chi connectivity index (χ4v) is 5.05. The summed E-state index contributed by atoms with van der Waals surface area (Å²) in [6.45, 7) is 4.04. The maximum Gasteiger partial charge on any atom is 0.298 e. The van der Waals surface area contributed by atoms with Gasteiger partial charge in [0.05, 0.1) is 5.69 Å². The Morgan fingerprint density at radius 1 is 1.16 bits per heavy atom. The van der Waals surface area contributed by atoms with Crippen LogP contribution in [0.2, 0.25) is 0 Å². The van der Waals surface area contributed by atoms with Gasteiger partial charge in [-0.25, -0.2) is 8.42 Å². The van der Waals surface area contributed by atoms with E-state index in [4.69, 9.17) is 4.74 Å². The molecular weight excluding hydrogens is 378 g/mol. The fourth-order valence-electron chi connectivity index (χ4n) is 2.01. The third kappa shape index (κ3) is 3.83. The Morgan fingerprint density at radius 3 is 2.44 bits per heavy atom. The molecule has 132 valence electrons. The normalized spacial score (nSPS) is 11.7. The Morgan fingerprint density at radius 2 is 1.88 bits per heavy atom. The van der Waals surface area contributed by atoms with E-state index in [2.05, 4.69) is 9.36 Å². The number of rotatable bonds is 6. The zero-order chi connectivity index (χ0) is 18.0. The molecule has 0 amide bonds. The Labute approximate surface area is 155 Å². The molecule has 25 heavy (non-hydrogen) atoms. The van der Waals surface area contributed by atoms with E-state index in [1.807, 2.05) is 13.8 Å². The van der Waals surface area contributed by atoms with Crippen LogP contribution >= 0.6 is 22.9 Å². The lowest BCUT2D eigenvalue weighted by molar-refractivity contribution is 0.476. The van der Waals surface area contributed by atoms with Crippen LogP contribution in [0, 0.1) is 0 Å². The van der Waals surface area contributed by atoms with Crippen molar-refractivity contribution in [3.05, 3.63) is 47.6 Å². The van der Waals surface area contributed by atoms with Gasteiger partial charge in [-0.2, -0.15) is 9.36 Å². The molecule has 0 aliphatic carbocycles. The Hall–Kier alpha value is -1.97. The van der Waals surface area contributed by atoms with E-state index < -0.39 is 10.0 Å². The molecule has 3 aromatic rings. The van der Waals surface area contributed by atoms with Gasteiger partial charge in [0.25, 0.3) is 15.2 Å². The van der Waals surface area contributed by atoms with Gasteiger partial charge in [-0.1, -0.05) is 19.9 Å². The summed E-state index contributed by atoms with van der Waals surface area (Å²) in [5.41, 5.74) is 0.556. The molecule has 9 heteroatoms. The molecule has 0 fully saturated rings. The van der Waals surface area contributed by atoms with E-state index in [9.17, 15) is 8.42 Å². The minimum Gasteiger partial charge on any atom is -0.430 e. The molecular formula is C16H17N3O3S3. The number of hydrogen-bond acceptors (Lipinski definition) is 7. The summed E-state index contributed by atoms with van der Waals surface area (Å²) in [7, 11) is -2.00. The highest BCUT2D eigenvalue weighted by Crippen LogP contribution is 2.29. The largest absolute Gasteiger partial charge is 0.430 e. The first kappa shape index (κ1) is 17.8. The van der Waals surface area contributed by atoms with Crippen LogP contribution in [0.3, 0.4) is 0 Å². The Balaban J connectivity index is 1.75. The van der Waals surface area contributed by atoms with E-state index >= 15 is 0 Å². The monoisotopic (exact) mass is 395 g/mol. The summed E-state index contributed by atoms with van der Waals surface area (Å²) < 4.78 is 36.5. The molecule has 0 bridgehead atoms. The average molecular weight is 396 g/mol. The summed E-state index contributed by atoms with van der Waals surface area (Å²) in [6, 6.07) is 10.1. The molecule has 1 aromatic carbocycles. The average Bonchev–Trinajstić information content (AvgIpc) is 3.27. The number of benzene rings is 1. The predicted molar refractivity (Wildman–Crippen MR) is 100 cm³/mol. The van der Waals surface area contributed by atoms with Crippen molar-refractivity contribution in [3.8, 4) is 10.9 Å². The molecule has 0 aliphatic rings. The van der Waals surface area contributed by atoms with Gasteiger partial charge in [-0.05, 0) is 35.7 Å². The SMILES string of the molecule is CC(C)c1nsc(Oc2ccc(N(C)S(=O)(=O)c3cccs3)cc2)n1. The van der Waals surface area contributed by atoms with Crippen molar-refractivity contribution >= 4 is 38.6 Å². The highest BCUT2D eigenvalue weighted by molar-refractivity contribution is 7.94. The molecule has 0 saturated carbocycles. The van der Waals surface area contributed by atoms with Gasteiger partial charge in [-0.15, -0.1) is 11.3 Å². The molecule has 2 aromatic heterocycles. The van der Waals surface area contributed by atoms with E-state index in [0.717, 1.165) is 5.82 Å². The van der Waals surface area contributed by atoms with Crippen molar-refractivity contribution in [2.75, 3.05) is 11.4 Å². The van der Waals surface area contributed by atoms with Crippen LogP contribution in [0.15, 0.2) is 46.0 Å². The number of aromatic nitrogens is 2. The lowest BCUT2D eigenvalue weighted by Crippen LogP contribution is -2.25. The standard InChI is InChI=1S/C16H17N3O3S3/c1-11(2)15-17-16(24-18-15)22-13-8-6-12(7-9-13)19(3)25(20,21)14-5-4-10-23-14/h4-11H,1-3H3. The number of sulfonamides is 1. The first-order chi connectivity index (χ1) is 11.9. The Bertz CT molecular complexity index is 933. The van der Waals surface area contributed by atoms with Crippen LogP contribution in [0.4, 0.5) is 5.69 Å². The molecule has 0 atom stereocenters. The van der Waals surface area contributed by atoms with E-state index in [-0.39, 0.29) is 5.92 Å². The van der Waals surface area contributed by atoms with Crippen LogP contribution in [-0.2, 0) is 10.0 Å². The molecule has 0 N–H and O–H groups in total. The molecule has 2 heterocycles. The Kier molecular flexibility index (Phi) is 5.07. The lowest BCUT2D eigenvalue weighted by atomic mass is 10.2. The second-order valence-electron chi connectivity index (χ2n) is 5.57. The smallest absolute Gasteiger partial charge is 0.298 e. The van der Waals surface area contributed by atoms with Gasteiger partial charge >= 0.3 is 0 Å². The minimum absolute atomic E-state index is 0.243. The lowest BCUT2D eigenvalue weighted by Gasteiger charge is -2.18. The van der Waals surface area contributed by atoms with Gasteiger partial charge in [0.15, 0.2) is 0 Å². The van der Waals surface area contributed by atoms with Crippen molar-refractivity contribution in [1.82, 2.24) is 9.36 Å². The molecule has 0 saturated heterocycles. The summed E-state index contributed by atoms with van der Waals surface area (Å²) in [5, 5.41) is 2.21. The first-order valence-corrected chi connectivity index (χ1v) is 10.6. The van der Waals surface area contributed by atoms with Gasteiger partial charge < -0.3 is 4.74 Å². The van der Waals surface area contributed by atoms with Gasteiger partial charge in [0.1, 0.15) is 15.8 Å². The van der Waals surface area contributed by atoms with Crippen LogP contribution in [0.25, 0.3) is 0 Å². The third-order valence-corrected chi connectivity index (χ3v) is 7.22. The van der Waals surface area contributed by atoms with Crippen molar-refractivity contribution < 1.29 is 13.2 Å². The maximum absolute atomic E-state index is 12.5. The van der Waals surface area contributed by atoms with Crippen LogP contribution in [-0.4, -0.2) is 24.8 Å².